The first kappa shape index (κ1) is 26.8. The molecule has 3 aliphatic rings. The van der Waals surface area contributed by atoms with Crippen molar-refractivity contribution < 1.29 is 20.0 Å². The predicted octanol–water partition coefficient (Wildman–Crippen LogP) is 12.0. The van der Waals surface area contributed by atoms with E-state index in [4.69, 9.17) is 0 Å². The van der Waals surface area contributed by atoms with Gasteiger partial charge < -0.3 is 0 Å². The van der Waals surface area contributed by atoms with Crippen LogP contribution in [0.1, 0.15) is 29.6 Å². The van der Waals surface area contributed by atoms with Crippen LogP contribution in [0.3, 0.4) is 0 Å². The average molecular weight is 747 g/mol. The van der Waals surface area contributed by atoms with Crippen molar-refractivity contribution in [2.75, 3.05) is 0 Å². The Balaban J connectivity index is 1.21. The fourth-order valence-corrected chi connectivity index (χ4v) is 41.1. The zero-order chi connectivity index (χ0) is 29.8. The van der Waals surface area contributed by atoms with Gasteiger partial charge in [-0.2, -0.15) is 0 Å². The molecule has 0 N–H and O–H groups in total. The number of allylic oxidation sites excluding steroid dienone is 2. The second-order valence-corrected chi connectivity index (χ2v) is 35.9. The van der Waals surface area contributed by atoms with E-state index in [2.05, 4.69) is 156 Å². The van der Waals surface area contributed by atoms with E-state index in [1.165, 1.54) is 54.9 Å². The van der Waals surface area contributed by atoms with Crippen LogP contribution in [0.4, 0.5) is 0 Å². The Morgan fingerprint density at radius 3 is 1.36 bits per heavy atom. The Morgan fingerprint density at radius 2 is 0.909 bits per heavy atom. The molecule has 0 nitrogen and oxygen atoms in total. The van der Waals surface area contributed by atoms with Crippen molar-refractivity contribution in [2.45, 2.75) is 29.8 Å². The Hall–Kier alpha value is -3.59. The molecule has 1 heterocycles. The first-order chi connectivity index (χ1) is 21.3. The summed E-state index contributed by atoms with van der Waals surface area (Å²) < 4.78 is 6.83. The third-order valence-electron chi connectivity index (χ3n) is 11.2. The van der Waals surface area contributed by atoms with E-state index in [-0.39, 0.29) is 0 Å². The van der Waals surface area contributed by atoms with Crippen molar-refractivity contribution in [2.24, 2.45) is 0 Å². The molecule has 1 fully saturated rings. The molecule has 0 bridgehead atoms. The minimum absolute atomic E-state index is 0.650. The van der Waals surface area contributed by atoms with Crippen molar-refractivity contribution in [1.82, 2.24) is 0 Å². The summed E-state index contributed by atoms with van der Waals surface area (Å²) in [5.41, 5.74) is 11.7. The number of benzene rings is 6. The Bertz CT molecular complexity index is 2090. The fraction of sp³-hybridized carbons (Fsp3) is 0.143. The summed E-state index contributed by atoms with van der Waals surface area (Å²) >= 11 is -3.04. The number of hydrogen-bond acceptors (Lipinski definition) is 0. The fourth-order valence-electron chi connectivity index (χ4n) is 9.04. The first-order valence-electron chi connectivity index (χ1n) is 16.0. The van der Waals surface area contributed by atoms with Gasteiger partial charge in [-0.1, -0.05) is 0 Å². The molecule has 0 amide bonds. The van der Waals surface area contributed by atoms with Gasteiger partial charge in [-0.3, -0.25) is 0 Å². The molecule has 6 aromatic rings. The van der Waals surface area contributed by atoms with Crippen LogP contribution < -0.4 is 0 Å². The van der Waals surface area contributed by atoms with E-state index in [1.807, 2.05) is 0 Å². The molecule has 212 valence electrons. The standard InChI is InChI=1S/C40H30Si.2CH3.Hf/c1-41(2,35-23-31-13-7-15-37(39(31)25-35)33-19-17-27-9-3-5-11-29(27)21-33)36-24-32-14-8-16-38(40(32)26-36)34-20-18-28-10-4-6-12-30(28)22-34;;;/h3-26H,1-2H3;2*1H3;. The van der Waals surface area contributed by atoms with Gasteiger partial charge in [0.25, 0.3) is 0 Å². The van der Waals surface area contributed by atoms with Gasteiger partial charge in [0.15, 0.2) is 0 Å². The predicted molar refractivity (Wildman–Crippen MR) is 189 cm³/mol. The van der Waals surface area contributed by atoms with Gasteiger partial charge in [0.2, 0.25) is 0 Å². The van der Waals surface area contributed by atoms with Crippen LogP contribution >= 0.6 is 0 Å². The van der Waals surface area contributed by atoms with Crippen LogP contribution in [-0.2, 0) is 20.0 Å². The van der Waals surface area contributed by atoms with Crippen molar-refractivity contribution in [3.63, 3.8) is 0 Å². The maximum atomic E-state index is 2.77. The van der Waals surface area contributed by atoms with Gasteiger partial charge >= 0.3 is 268 Å². The average Bonchev–Trinajstić information content (AvgIpc) is 3.66. The zero-order valence-electron chi connectivity index (χ0n) is 25.9. The topological polar surface area (TPSA) is 0 Å². The van der Waals surface area contributed by atoms with Gasteiger partial charge in [0, 0.05) is 0 Å². The Labute approximate surface area is 266 Å². The summed E-state index contributed by atoms with van der Waals surface area (Å²) in [4.78, 5) is 0. The van der Waals surface area contributed by atoms with E-state index in [1.54, 1.807) is 21.5 Å². The molecule has 2 aliphatic carbocycles. The van der Waals surface area contributed by atoms with Crippen LogP contribution in [0, 0.1) is 0 Å². The van der Waals surface area contributed by atoms with Crippen molar-refractivity contribution >= 4 is 41.8 Å². The van der Waals surface area contributed by atoms with Crippen LogP contribution in [0.15, 0.2) is 132 Å². The molecule has 0 spiro atoms. The molecule has 0 saturated carbocycles. The molecule has 2 atom stereocenters. The molecular formula is C42H36HfSi. The zero-order valence-corrected chi connectivity index (χ0v) is 30.4. The second kappa shape index (κ2) is 9.46. The number of fused-ring (bicyclic) bond motifs is 8. The molecule has 1 aliphatic heterocycles. The molecular weight excluding hydrogens is 711 g/mol. The van der Waals surface area contributed by atoms with Crippen LogP contribution in [0.2, 0.25) is 22.5 Å². The molecule has 44 heavy (non-hydrogen) atoms. The summed E-state index contributed by atoms with van der Waals surface area (Å²) in [5.74, 6) is 0. The normalized spacial score (nSPS) is 20.5. The monoisotopic (exact) mass is 748 g/mol. The van der Waals surface area contributed by atoms with Crippen molar-refractivity contribution in [3.05, 3.63) is 154 Å². The van der Waals surface area contributed by atoms with Gasteiger partial charge in [-0.25, -0.2) is 0 Å². The summed E-state index contributed by atoms with van der Waals surface area (Å²) in [5, 5.41) is 8.86. The van der Waals surface area contributed by atoms with Crippen LogP contribution in [-0.4, -0.2) is 8.07 Å². The van der Waals surface area contributed by atoms with Crippen LogP contribution in [0.25, 0.3) is 56.0 Å². The van der Waals surface area contributed by atoms with Crippen LogP contribution in [0.5, 0.6) is 0 Å². The third-order valence-corrected chi connectivity index (χ3v) is 32.2. The van der Waals surface area contributed by atoms with E-state index >= 15 is 0 Å². The Morgan fingerprint density at radius 1 is 0.477 bits per heavy atom. The molecule has 2 unspecified atom stereocenters. The quantitative estimate of drug-likeness (QED) is 0.155. The van der Waals surface area contributed by atoms with Gasteiger partial charge in [0.05, 0.1) is 0 Å². The Kier molecular flexibility index (Phi) is 5.75. The summed E-state index contributed by atoms with van der Waals surface area (Å²) in [6.45, 7) is 5.30. The molecule has 0 aromatic heterocycles. The van der Waals surface area contributed by atoms with Gasteiger partial charge in [-0.15, -0.1) is 0 Å². The van der Waals surface area contributed by atoms with E-state index < -0.39 is 28.0 Å². The molecule has 0 radical (unpaired) electrons. The second-order valence-electron chi connectivity index (χ2n) is 14.3. The summed E-state index contributed by atoms with van der Waals surface area (Å²) in [6.07, 6.45) is 5.37. The molecule has 1 saturated heterocycles. The van der Waals surface area contributed by atoms with E-state index in [0.717, 1.165) is 0 Å². The maximum absolute atomic E-state index is 3.04. The van der Waals surface area contributed by atoms with Gasteiger partial charge in [-0.05, 0) is 0 Å². The number of hydrogen-bond donors (Lipinski definition) is 0. The number of rotatable bonds is 2. The summed E-state index contributed by atoms with van der Waals surface area (Å²) in [7, 11) is -1.89. The summed E-state index contributed by atoms with van der Waals surface area (Å²) in [6, 6.07) is 45.9. The molecule has 9 rings (SSSR count). The SMILES string of the molecule is C[Si]1(C)C2=Cc3c(-c4ccc5ccccc5c4)cccc3[CH]2[Hf]([CH3])([CH3])[CH]2C1=Cc1c(-c3ccc4ccccc4c3)cccc12. The van der Waals surface area contributed by atoms with E-state index in [0.29, 0.717) is 7.35 Å². The van der Waals surface area contributed by atoms with Crippen molar-refractivity contribution in [3.8, 4) is 22.3 Å². The molecule has 6 aromatic carbocycles. The third kappa shape index (κ3) is 3.71. The van der Waals surface area contributed by atoms with Gasteiger partial charge in [0.1, 0.15) is 0 Å². The van der Waals surface area contributed by atoms with E-state index in [9.17, 15) is 0 Å². The van der Waals surface area contributed by atoms with Crippen molar-refractivity contribution in [1.29, 1.82) is 0 Å². The first-order valence-corrected chi connectivity index (χ1v) is 30.3. The minimum atomic E-state index is -3.04. The molecule has 2 heteroatoms.